The zero-order valence-electron chi connectivity index (χ0n) is 15.3. The molecule has 1 atom stereocenters. The molecule has 0 unspecified atom stereocenters. The Hall–Kier alpha value is -2.41. The summed E-state index contributed by atoms with van der Waals surface area (Å²) in [6, 6.07) is 11.2. The number of aliphatic hydroxyl groups excluding tert-OH is 1. The fraction of sp³-hybridized carbons (Fsp3) is 0.286. The molecule has 0 radical (unpaired) electrons. The average molecular weight is 405 g/mol. The molecule has 2 N–H and O–H groups in total. The molecule has 2 aromatic carbocycles. The number of anilines is 1. The van der Waals surface area contributed by atoms with Gasteiger partial charge in [-0.15, -0.1) is 0 Å². The van der Waals surface area contributed by atoms with E-state index in [0.717, 1.165) is 24.3 Å². The molecule has 148 valence electrons. The number of morpholine rings is 1. The third kappa shape index (κ3) is 5.32. The maximum Gasteiger partial charge on any atom is 0.244 e. The van der Waals surface area contributed by atoms with Gasteiger partial charge in [0.1, 0.15) is 5.82 Å². The Balaban J connectivity index is 1.67. The number of nitrogens with one attached hydrogen (secondary N) is 1. The summed E-state index contributed by atoms with van der Waals surface area (Å²) in [6.07, 6.45) is 2.82. The molecule has 1 heterocycles. The SMILES string of the molecule is O=C(/C=C/c1ccc(F)cc1Cl)N[C@H](CO)c1cccc(N2CCOCC2)c1. The van der Waals surface area contributed by atoms with Crippen LogP contribution in [0.1, 0.15) is 17.2 Å². The molecule has 2 aromatic rings. The predicted octanol–water partition coefficient (Wildman–Crippen LogP) is 3.18. The van der Waals surface area contributed by atoms with Crippen LogP contribution in [0.5, 0.6) is 0 Å². The number of carbonyl (C=O) groups is 1. The molecule has 7 heteroatoms. The highest BCUT2D eigenvalue weighted by Crippen LogP contribution is 2.22. The second-order valence-electron chi connectivity index (χ2n) is 6.44. The number of hydrogen-bond donors (Lipinski definition) is 2. The fourth-order valence-corrected chi connectivity index (χ4v) is 3.25. The van der Waals surface area contributed by atoms with Gasteiger partial charge in [0.2, 0.25) is 5.91 Å². The van der Waals surface area contributed by atoms with Crippen LogP contribution in [0.2, 0.25) is 5.02 Å². The number of hydrogen-bond acceptors (Lipinski definition) is 4. The molecule has 0 spiro atoms. The molecule has 0 bridgehead atoms. The van der Waals surface area contributed by atoms with Crippen molar-refractivity contribution in [2.24, 2.45) is 0 Å². The molecule has 1 aliphatic rings. The third-order valence-corrected chi connectivity index (χ3v) is 4.85. The van der Waals surface area contributed by atoms with Crippen LogP contribution in [0.25, 0.3) is 6.08 Å². The van der Waals surface area contributed by atoms with Gasteiger partial charge in [0.05, 0.1) is 30.9 Å². The number of ether oxygens (including phenoxy) is 1. The quantitative estimate of drug-likeness (QED) is 0.726. The Bertz CT molecular complexity index is 853. The largest absolute Gasteiger partial charge is 0.394 e. The highest BCUT2D eigenvalue weighted by Gasteiger charge is 2.16. The summed E-state index contributed by atoms with van der Waals surface area (Å²) in [5.74, 6) is -0.816. The van der Waals surface area contributed by atoms with Crippen molar-refractivity contribution in [2.75, 3.05) is 37.8 Å². The van der Waals surface area contributed by atoms with E-state index in [1.54, 1.807) is 0 Å². The van der Waals surface area contributed by atoms with Crippen LogP contribution in [-0.2, 0) is 9.53 Å². The number of rotatable bonds is 6. The molecule has 0 aliphatic carbocycles. The topological polar surface area (TPSA) is 61.8 Å². The average Bonchev–Trinajstić information content (AvgIpc) is 2.72. The maximum atomic E-state index is 13.1. The van der Waals surface area contributed by atoms with Crippen molar-refractivity contribution in [3.8, 4) is 0 Å². The molecule has 1 saturated heterocycles. The lowest BCUT2D eigenvalue weighted by atomic mass is 10.1. The van der Waals surface area contributed by atoms with Crippen molar-refractivity contribution >= 4 is 29.3 Å². The monoisotopic (exact) mass is 404 g/mol. The fourth-order valence-electron chi connectivity index (χ4n) is 3.02. The molecule has 28 heavy (non-hydrogen) atoms. The van der Waals surface area contributed by atoms with E-state index in [-0.39, 0.29) is 17.5 Å². The summed E-state index contributed by atoms with van der Waals surface area (Å²) in [5, 5.41) is 12.8. The van der Waals surface area contributed by atoms with Crippen LogP contribution >= 0.6 is 11.6 Å². The Kier molecular flexibility index (Phi) is 7.03. The number of amides is 1. The minimum absolute atomic E-state index is 0.223. The van der Waals surface area contributed by atoms with Crippen molar-refractivity contribution < 1.29 is 19.0 Å². The van der Waals surface area contributed by atoms with Crippen LogP contribution in [0, 0.1) is 5.82 Å². The molecule has 1 amide bonds. The molecule has 0 aromatic heterocycles. The van der Waals surface area contributed by atoms with Crippen LogP contribution in [0.15, 0.2) is 48.5 Å². The van der Waals surface area contributed by atoms with Crippen molar-refractivity contribution in [3.63, 3.8) is 0 Å². The maximum absolute atomic E-state index is 13.1. The highest BCUT2D eigenvalue weighted by molar-refractivity contribution is 6.32. The highest BCUT2D eigenvalue weighted by atomic mass is 35.5. The van der Waals surface area contributed by atoms with Crippen molar-refractivity contribution in [2.45, 2.75) is 6.04 Å². The van der Waals surface area contributed by atoms with Gasteiger partial charge in [-0.05, 0) is 41.5 Å². The molecule has 0 saturated carbocycles. The summed E-state index contributed by atoms with van der Waals surface area (Å²) >= 11 is 5.96. The van der Waals surface area contributed by atoms with Crippen LogP contribution in [0.3, 0.4) is 0 Å². The second kappa shape index (κ2) is 9.68. The molecule has 3 rings (SSSR count). The van der Waals surface area contributed by atoms with E-state index in [0.29, 0.717) is 18.8 Å². The van der Waals surface area contributed by atoms with Gasteiger partial charge in [0.15, 0.2) is 0 Å². The summed E-state index contributed by atoms with van der Waals surface area (Å²) in [4.78, 5) is 14.5. The Labute approximate surface area is 168 Å². The standard InChI is InChI=1S/C21H22ClFN2O3/c22-19-13-17(23)6-4-15(19)5-7-21(27)24-20(14-26)16-2-1-3-18(12-16)25-8-10-28-11-9-25/h1-7,12-13,20,26H,8-11,14H2,(H,24,27)/b7-5+/t20-/m1/s1. The van der Waals surface area contributed by atoms with Gasteiger partial charge < -0.3 is 20.1 Å². The first-order valence-electron chi connectivity index (χ1n) is 9.04. The van der Waals surface area contributed by atoms with Crippen molar-refractivity contribution in [3.05, 3.63) is 70.5 Å². The van der Waals surface area contributed by atoms with Gasteiger partial charge in [0.25, 0.3) is 0 Å². The van der Waals surface area contributed by atoms with Gasteiger partial charge in [-0.1, -0.05) is 29.8 Å². The smallest absolute Gasteiger partial charge is 0.244 e. The minimum Gasteiger partial charge on any atom is -0.394 e. The van der Waals surface area contributed by atoms with E-state index in [2.05, 4.69) is 10.2 Å². The Morgan fingerprint density at radius 1 is 1.29 bits per heavy atom. The first-order chi connectivity index (χ1) is 13.6. The van der Waals surface area contributed by atoms with Crippen LogP contribution < -0.4 is 10.2 Å². The van der Waals surface area contributed by atoms with E-state index in [4.69, 9.17) is 16.3 Å². The summed E-state index contributed by atoms with van der Waals surface area (Å²) in [7, 11) is 0. The number of halogens is 2. The van der Waals surface area contributed by atoms with Gasteiger partial charge in [0, 0.05) is 24.9 Å². The zero-order valence-corrected chi connectivity index (χ0v) is 16.0. The number of carbonyl (C=O) groups excluding carboxylic acids is 1. The lowest BCUT2D eigenvalue weighted by molar-refractivity contribution is -0.117. The first kappa shape index (κ1) is 20.3. The van der Waals surface area contributed by atoms with Crippen LogP contribution in [-0.4, -0.2) is 43.9 Å². The summed E-state index contributed by atoms with van der Waals surface area (Å²) in [5.41, 5.74) is 2.38. The van der Waals surface area contributed by atoms with Crippen molar-refractivity contribution in [1.82, 2.24) is 5.32 Å². The summed E-state index contributed by atoms with van der Waals surface area (Å²) < 4.78 is 18.5. The third-order valence-electron chi connectivity index (χ3n) is 4.52. The molecular weight excluding hydrogens is 383 g/mol. The van der Waals surface area contributed by atoms with Crippen molar-refractivity contribution in [1.29, 1.82) is 0 Å². The first-order valence-corrected chi connectivity index (χ1v) is 9.42. The Morgan fingerprint density at radius 2 is 2.07 bits per heavy atom. The number of aliphatic hydroxyl groups is 1. The zero-order chi connectivity index (χ0) is 19.9. The predicted molar refractivity (Wildman–Crippen MR) is 108 cm³/mol. The van der Waals surface area contributed by atoms with Gasteiger partial charge in [-0.3, -0.25) is 4.79 Å². The summed E-state index contributed by atoms with van der Waals surface area (Å²) in [6.45, 7) is 2.74. The lowest BCUT2D eigenvalue weighted by Crippen LogP contribution is -2.36. The van der Waals surface area contributed by atoms with Gasteiger partial charge in [-0.25, -0.2) is 4.39 Å². The van der Waals surface area contributed by atoms with E-state index < -0.39 is 11.9 Å². The number of benzene rings is 2. The second-order valence-corrected chi connectivity index (χ2v) is 6.84. The number of nitrogens with zero attached hydrogens (tertiary/aromatic N) is 1. The van der Waals surface area contributed by atoms with E-state index in [1.807, 2.05) is 24.3 Å². The van der Waals surface area contributed by atoms with E-state index in [1.165, 1.54) is 30.4 Å². The van der Waals surface area contributed by atoms with Gasteiger partial charge >= 0.3 is 0 Å². The normalized spacial score (nSPS) is 15.6. The van der Waals surface area contributed by atoms with E-state index >= 15 is 0 Å². The molecule has 1 fully saturated rings. The lowest BCUT2D eigenvalue weighted by Gasteiger charge is -2.29. The molecule has 1 aliphatic heterocycles. The van der Waals surface area contributed by atoms with Crippen LogP contribution in [0.4, 0.5) is 10.1 Å². The molecular formula is C21H22ClFN2O3. The Morgan fingerprint density at radius 3 is 2.79 bits per heavy atom. The van der Waals surface area contributed by atoms with E-state index in [9.17, 15) is 14.3 Å². The minimum atomic E-state index is -0.540. The van der Waals surface area contributed by atoms with Gasteiger partial charge in [-0.2, -0.15) is 0 Å². The molecule has 5 nitrogen and oxygen atoms in total.